The van der Waals surface area contributed by atoms with Crippen molar-refractivity contribution in [2.45, 2.75) is 13.5 Å². The van der Waals surface area contributed by atoms with E-state index in [4.69, 9.17) is 4.42 Å². The lowest BCUT2D eigenvalue weighted by Gasteiger charge is -2.08. The van der Waals surface area contributed by atoms with Crippen LogP contribution in [0.4, 0.5) is 17.5 Å². The molecule has 0 saturated carbocycles. The number of Topliss-reactive ketones (excluding diaryl/α,β-unsaturated/α-hetero) is 1. The van der Waals surface area contributed by atoms with Crippen molar-refractivity contribution in [2.75, 3.05) is 10.6 Å². The number of carbonyl (C=O) groups is 1. The lowest BCUT2D eigenvalue weighted by molar-refractivity contribution is 0.101. The molecule has 116 valence electrons. The molecule has 23 heavy (non-hydrogen) atoms. The van der Waals surface area contributed by atoms with Crippen LogP contribution in [0.1, 0.15) is 23.0 Å². The van der Waals surface area contributed by atoms with E-state index >= 15 is 0 Å². The van der Waals surface area contributed by atoms with Gasteiger partial charge in [-0.1, -0.05) is 12.1 Å². The predicted molar refractivity (Wildman–Crippen MR) is 85.6 cm³/mol. The summed E-state index contributed by atoms with van der Waals surface area (Å²) in [5, 5.41) is 14.0. The number of furan rings is 1. The van der Waals surface area contributed by atoms with Crippen LogP contribution in [-0.2, 0) is 6.54 Å². The van der Waals surface area contributed by atoms with E-state index < -0.39 is 0 Å². The molecule has 1 aromatic carbocycles. The zero-order valence-electron chi connectivity index (χ0n) is 12.5. The molecule has 0 spiro atoms. The molecule has 7 heteroatoms. The number of rotatable bonds is 6. The number of nitrogens with zero attached hydrogens (tertiary/aromatic N) is 3. The highest BCUT2D eigenvalue weighted by molar-refractivity contribution is 5.95. The van der Waals surface area contributed by atoms with Crippen LogP contribution in [0.3, 0.4) is 0 Å². The van der Waals surface area contributed by atoms with Crippen LogP contribution in [-0.4, -0.2) is 21.0 Å². The van der Waals surface area contributed by atoms with Crippen molar-refractivity contribution in [1.82, 2.24) is 15.2 Å². The number of benzene rings is 1. The topological polar surface area (TPSA) is 92.9 Å². The van der Waals surface area contributed by atoms with Crippen molar-refractivity contribution in [3.05, 3.63) is 60.2 Å². The van der Waals surface area contributed by atoms with Crippen molar-refractivity contribution in [2.24, 2.45) is 0 Å². The van der Waals surface area contributed by atoms with E-state index in [0.29, 0.717) is 23.9 Å². The molecule has 0 radical (unpaired) electrons. The van der Waals surface area contributed by atoms with Crippen molar-refractivity contribution in [3.8, 4) is 0 Å². The first-order chi connectivity index (χ1) is 11.2. The largest absolute Gasteiger partial charge is 0.467 e. The summed E-state index contributed by atoms with van der Waals surface area (Å²) < 4.78 is 5.23. The van der Waals surface area contributed by atoms with Crippen LogP contribution >= 0.6 is 0 Å². The van der Waals surface area contributed by atoms with E-state index in [1.54, 1.807) is 18.4 Å². The van der Waals surface area contributed by atoms with Gasteiger partial charge in [-0.05, 0) is 31.2 Å². The Morgan fingerprint density at radius 1 is 1.26 bits per heavy atom. The summed E-state index contributed by atoms with van der Waals surface area (Å²) in [5.41, 5.74) is 1.39. The first-order valence-corrected chi connectivity index (χ1v) is 7.05. The summed E-state index contributed by atoms with van der Waals surface area (Å²) in [5.74, 6) is 1.70. The third-order valence-corrected chi connectivity index (χ3v) is 3.10. The van der Waals surface area contributed by atoms with Gasteiger partial charge in [0.05, 0.1) is 19.0 Å². The molecule has 2 N–H and O–H groups in total. The van der Waals surface area contributed by atoms with Crippen molar-refractivity contribution in [1.29, 1.82) is 0 Å². The van der Waals surface area contributed by atoms with E-state index in [1.165, 1.54) is 13.1 Å². The van der Waals surface area contributed by atoms with Gasteiger partial charge in [-0.3, -0.25) is 4.79 Å². The molecular formula is C16H15N5O2. The summed E-state index contributed by atoms with van der Waals surface area (Å²) in [6, 6.07) is 10.9. The number of hydrogen-bond acceptors (Lipinski definition) is 7. The third-order valence-electron chi connectivity index (χ3n) is 3.10. The fourth-order valence-corrected chi connectivity index (χ4v) is 1.98. The molecule has 2 heterocycles. The number of anilines is 3. The van der Waals surface area contributed by atoms with Crippen LogP contribution < -0.4 is 10.6 Å². The van der Waals surface area contributed by atoms with Gasteiger partial charge in [0.15, 0.2) is 11.6 Å². The SMILES string of the molecule is CC(=O)c1cccc(Nc2cnnc(NCc3ccco3)n2)c1. The van der Waals surface area contributed by atoms with Gasteiger partial charge < -0.3 is 15.1 Å². The minimum absolute atomic E-state index is 0.00951. The second-order valence-corrected chi connectivity index (χ2v) is 4.86. The number of hydrogen-bond donors (Lipinski definition) is 2. The normalized spacial score (nSPS) is 10.3. The molecule has 0 saturated heterocycles. The molecule has 0 fully saturated rings. The average Bonchev–Trinajstić information content (AvgIpc) is 3.07. The Hall–Kier alpha value is -3.22. The lowest BCUT2D eigenvalue weighted by Crippen LogP contribution is -2.06. The molecule has 0 aliphatic carbocycles. The van der Waals surface area contributed by atoms with E-state index in [1.807, 2.05) is 24.3 Å². The Balaban J connectivity index is 1.69. The van der Waals surface area contributed by atoms with Gasteiger partial charge in [0.25, 0.3) is 0 Å². The number of carbonyl (C=O) groups excluding carboxylic acids is 1. The minimum Gasteiger partial charge on any atom is -0.467 e. The molecule has 7 nitrogen and oxygen atoms in total. The van der Waals surface area contributed by atoms with Crippen molar-refractivity contribution >= 4 is 23.2 Å². The highest BCUT2D eigenvalue weighted by Gasteiger charge is 2.04. The number of nitrogens with one attached hydrogen (secondary N) is 2. The molecule has 0 bridgehead atoms. The number of ketones is 1. The second-order valence-electron chi connectivity index (χ2n) is 4.86. The zero-order chi connectivity index (χ0) is 16.1. The summed E-state index contributed by atoms with van der Waals surface area (Å²) in [4.78, 5) is 15.7. The van der Waals surface area contributed by atoms with Gasteiger partial charge >= 0.3 is 0 Å². The van der Waals surface area contributed by atoms with Gasteiger partial charge in [-0.2, -0.15) is 10.1 Å². The fourth-order valence-electron chi connectivity index (χ4n) is 1.98. The molecule has 0 aliphatic heterocycles. The maximum atomic E-state index is 11.4. The van der Waals surface area contributed by atoms with Crippen LogP contribution in [0.15, 0.2) is 53.3 Å². The van der Waals surface area contributed by atoms with Gasteiger partial charge in [-0.25, -0.2) is 0 Å². The summed E-state index contributed by atoms with van der Waals surface area (Å²) in [7, 11) is 0. The van der Waals surface area contributed by atoms with Gasteiger partial charge in [0.1, 0.15) is 5.76 Å². The van der Waals surface area contributed by atoms with Crippen LogP contribution in [0.2, 0.25) is 0 Å². The quantitative estimate of drug-likeness (QED) is 0.676. The van der Waals surface area contributed by atoms with Crippen molar-refractivity contribution in [3.63, 3.8) is 0 Å². The minimum atomic E-state index is 0.00951. The molecule has 3 rings (SSSR count). The van der Waals surface area contributed by atoms with Crippen molar-refractivity contribution < 1.29 is 9.21 Å². The molecular weight excluding hydrogens is 294 g/mol. The Bertz CT molecular complexity index is 802. The van der Waals surface area contributed by atoms with E-state index in [2.05, 4.69) is 25.8 Å². The van der Waals surface area contributed by atoms with Crippen LogP contribution in [0.5, 0.6) is 0 Å². The first kappa shape index (κ1) is 14.7. The van der Waals surface area contributed by atoms with E-state index in [9.17, 15) is 4.79 Å². The summed E-state index contributed by atoms with van der Waals surface area (Å²) in [6.07, 6.45) is 3.12. The zero-order valence-corrected chi connectivity index (χ0v) is 12.5. The fraction of sp³-hybridized carbons (Fsp3) is 0.125. The monoisotopic (exact) mass is 309 g/mol. The summed E-state index contributed by atoms with van der Waals surface area (Å²) in [6.45, 7) is 2.00. The van der Waals surface area contributed by atoms with Crippen LogP contribution in [0, 0.1) is 0 Å². The van der Waals surface area contributed by atoms with E-state index in [-0.39, 0.29) is 5.78 Å². The standard InChI is InChI=1S/C16H15N5O2/c1-11(22)12-4-2-5-13(8-12)19-15-10-18-21-16(20-15)17-9-14-6-3-7-23-14/h2-8,10H,9H2,1H3,(H2,17,19,20,21). The maximum Gasteiger partial charge on any atom is 0.245 e. The smallest absolute Gasteiger partial charge is 0.245 e. The maximum absolute atomic E-state index is 11.4. The predicted octanol–water partition coefficient (Wildman–Crippen LogP) is 3.02. The van der Waals surface area contributed by atoms with Gasteiger partial charge in [0, 0.05) is 11.3 Å². The third kappa shape index (κ3) is 3.91. The molecule has 0 unspecified atom stereocenters. The van der Waals surface area contributed by atoms with E-state index in [0.717, 1.165) is 11.4 Å². The van der Waals surface area contributed by atoms with Gasteiger partial charge in [0.2, 0.25) is 5.95 Å². The molecule has 3 aromatic rings. The lowest BCUT2D eigenvalue weighted by atomic mass is 10.1. The molecule has 0 amide bonds. The first-order valence-electron chi connectivity index (χ1n) is 7.05. The Labute approximate surface area is 132 Å². The summed E-state index contributed by atoms with van der Waals surface area (Å²) >= 11 is 0. The Morgan fingerprint density at radius 2 is 2.17 bits per heavy atom. The highest BCUT2D eigenvalue weighted by Crippen LogP contribution is 2.16. The molecule has 2 aromatic heterocycles. The number of aromatic nitrogens is 3. The average molecular weight is 309 g/mol. The Morgan fingerprint density at radius 3 is 2.96 bits per heavy atom. The molecule has 0 aliphatic rings. The Kier molecular flexibility index (Phi) is 4.28. The van der Waals surface area contributed by atoms with Crippen LogP contribution in [0.25, 0.3) is 0 Å². The van der Waals surface area contributed by atoms with Gasteiger partial charge in [-0.15, -0.1) is 5.10 Å². The highest BCUT2D eigenvalue weighted by atomic mass is 16.3. The molecule has 0 atom stereocenters. The second kappa shape index (κ2) is 6.69.